The number of hydrogen-bond donors (Lipinski definition) is 1. The molecular weight excluding hydrogens is 350 g/mol. The van der Waals surface area contributed by atoms with Crippen LogP contribution in [0.25, 0.3) is 6.08 Å². The van der Waals surface area contributed by atoms with Gasteiger partial charge in [0.05, 0.1) is 0 Å². The number of nitrogens with zero attached hydrogens (tertiary/aromatic N) is 2. The molecule has 1 aliphatic heterocycles. The minimum atomic E-state index is 0.730. The van der Waals surface area contributed by atoms with Gasteiger partial charge >= 0.3 is 0 Å². The molecule has 1 fully saturated rings. The van der Waals surface area contributed by atoms with Crippen molar-refractivity contribution in [2.45, 2.75) is 0 Å². The molecule has 0 bridgehead atoms. The van der Waals surface area contributed by atoms with Crippen molar-refractivity contribution < 1.29 is 0 Å². The van der Waals surface area contributed by atoms with Crippen molar-refractivity contribution in [1.82, 2.24) is 9.80 Å². The molecule has 0 saturated carbocycles. The zero-order valence-electron chi connectivity index (χ0n) is 14.1. The molecule has 0 spiro atoms. The normalized spacial score (nSPS) is 15.5. The van der Waals surface area contributed by atoms with Crippen molar-refractivity contribution >= 4 is 40.7 Å². The van der Waals surface area contributed by atoms with Gasteiger partial charge in [0.15, 0.2) is 5.11 Å². The zero-order valence-corrected chi connectivity index (χ0v) is 15.6. The SMILES string of the molecule is S=C(Nc1ccc(Cl)cc1)N1CCN(CC=Cc2ccccc2)CC1. The molecule has 1 saturated heterocycles. The van der Waals surface area contributed by atoms with Crippen LogP contribution in [0.4, 0.5) is 5.69 Å². The summed E-state index contributed by atoms with van der Waals surface area (Å²) in [7, 11) is 0. The molecule has 1 aliphatic rings. The van der Waals surface area contributed by atoms with Crippen LogP contribution in [0.5, 0.6) is 0 Å². The highest BCUT2D eigenvalue weighted by Crippen LogP contribution is 2.14. The highest BCUT2D eigenvalue weighted by Gasteiger charge is 2.18. The second-order valence-corrected chi connectivity index (χ2v) is 6.86. The summed E-state index contributed by atoms with van der Waals surface area (Å²) in [5.74, 6) is 0. The quantitative estimate of drug-likeness (QED) is 0.804. The van der Waals surface area contributed by atoms with E-state index in [1.807, 2.05) is 30.3 Å². The lowest BCUT2D eigenvalue weighted by Gasteiger charge is -2.35. The van der Waals surface area contributed by atoms with Crippen LogP contribution in [-0.4, -0.2) is 47.6 Å². The summed E-state index contributed by atoms with van der Waals surface area (Å²) in [5, 5.41) is 4.79. The van der Waals surface area contributed by atoms with E-state index >= 15 is 0 Å². The summed E-state index contributed by atoms with van der Waals surface area (Å²) in [6, 6.07) is 18.0. The third-order valence-corrected chi connectivity index (χ3v) is 4.84. The molecule has 3 rings (SSSR count). The van der Waals surface area contributed by atoms with Gasteiger partial charge in [0.1, 0.15) is 0 Å². The lowest BCUT2D eigenvalue weighted by Crippen LogP contribution is -2.49. The Kier molecular flexibility index (Phi) is 6.45. The van der Waals surface area contributed by atoms with Gasteiger partial charge in [0.25, 0.3) is 0 Å². The standard InChI is InChI=1S/C20H22ClN3S/c21-18-8-10-19(11-9-18)22-20(25)24-15-13-23(14-16-24)12-4-7-17-5-2-1-3-6-17/h1-11H,12-16H2,(H,22,25). The highest BCUT2D eigenvalue weighted by molar-refractivity contribution is 7.80. The van der Waals surface area contributed by atoms with E-state index in [9.17, 15) is 0 Å². The summed E-state index contributed by atoms with van der Waals surface area (Å²) >= 11 is 11.4. The minimum absolute atomic E-state index is 0.730. The lowest BCUT2D eigenvalue weighted by molar-refractivity contribution is 0.200. The van der Waals surface area contributed by atoms with E-state index < -0.39 is 0 Å². The van der Waals surface area contributed by atoms with Gasteiger partial charge in [-0.1, -0.05) is 54.1 Å². The topological polar surface area (TPSA) is 18.5 Å². The van der Waals surface area contributed by atoms with Gasteiger partial charge < -0.3 is 10.2 Å². The van der Waals surface area contributed by atoms with Crippen LogP contribution >= 0.6 is 23.8 Å². The Morgan fingerprint density at radius 3 is 2.36 bits per heavy atom. The van der Waals surface area contributed by atoms with E-state index in [4.69, 9.17) is 23.8 Å². The Hall–Kier alpha value is -1.88. The van der Waals surface area contributed by atoms with Crippen LogP contribution in [0, 0.1) is 0 Å². The molecule has 0 aliphatic carbocycles. The van der Waals surface area contributed by atoms with Gasteiger partial charge in [-0.25, -0.2) is 0 Å². The maximum absolute atomic E-state index is 5.91. The molecule has 25 heavy (non-hydrogen) atoms. The third-order valence-electron chi connectivity index (χ3n) is 4.23. The predicted molar refractivity (Wildman–Crippen MR) is 111 cm³/mol. The molecular formula is C20H22ClN3S. The fourth-order valence-corrected chi connectivity index (χ4v) is 3.20. The van der Waals surface area contributed by atoms with Crippen molar-refractivity contribution in [2.75, 3.05) is 38.0 Å². The van der Waals surface area contributed by atoms with Crippen molar-refractivity contribution in [3.8, 4) is 0 Å². The third kappa shape index (κ3) is 5.56. The number of benzene rings is 2. The van der Waals surface area contributed by atoms with Crippen LogP contribution in [0.2, 0.25) is 5.02 Å². The molecule has 1 N–H and O–H groups in total. The predicted octanol–water partition coefficient (Wildman–Crippen LogP) is 4.37. The fourth-order valence-electron chi connectivity index (χ4n) is 2.77. The molecule has 2 aromatic rings. The largest absolute Gasteiger partial charge is 0.346 e. The van der Waals surface area contributed by atoms with Gasteiger partial charge in [-0.2, -0.15) is 0 Å². The van der Waals surface area contributed by atoms with Crippen molar-refractivity contribution in [1.29, 1.82) is 0 Å². The van der Waals surface area contributed by atoms with Crippen molar-refractivity contribution in [3.05, 3.63) is 71.3 Å². The number of nitrogens with one attached hydrogen (secondary N) is 1. The van der Waals surface area contributed by atoms with Crippen molar-refractivity contribution in [3.63, 3.8) is 0 Å². The molecule has 0 aromatic heterocycles. The smallest absolute Gasteiger partial charge is 0.173 e. The summed E-state index contributed by atoms with van der Waals surface area (Å²) in [5.41, 5.74) is 2.22. The number of anilines is 1. The number of hydrogen-bond acceptors (Lipinski definition) is 2. The lowest BCUT2D eigenvalue weighted by atomic mass is 10.2. The molecule has 3 nitrogen and oxygen atoms in total. The average Bonchev–Trinajstić information content (AvgIpc) is 2.65. The minimum Gasteiger partial charge on any atom is -0.346 e. The summed E-state index contributed by atoms with van der Waals surface area (Å²) < 4.78 is 0. The number of halogens is 1. The molecule has 5 heteroatoms. The first-order chi connectivity index (χ1) is 12.2. The van der Waals surface area contributed by atoms with Crippen LogP contribution in [-0.2, 0) is 0 Å². The maximum atomic E-state index is 5.91. The summed E-state index contributed by atoms with van der Waals surface area (Å²) in [4.78, 5) is 4.67. The van der Waals surface area contributed by atoms with Crippen LogP contribution in [0.3, 0.4) is 0 Å². The van der Waals surface area contributed by atoms with E-state index in [1.165, 1.54) is 5.56 Å². The molecule has 1 heterocycles. The molecule has 0 atom stereocenters. The highest BCUT2D eigenvalue weighted by atomic mass is 35.5. The Morgan fingerprint density at radius 2 is 1.68 bits per heavy atom. The van der Waals surface area contributed by atoms with E-state index in [1.54, 1.807) is 0 Å². The van der Waals surface area contributed by atoms with E-state index in [-0.39, 0.29) is 0 Å². The Bertz CT molecular complexity index is 707. The Morgan fingerprint density at radius 1 is 1.00 bits per heavy atom. The van der Waals surface area contributed by atoms with Crippen molar-refractivity contribution in [2.24, 2.45) is 0 Å². The Labute approximate surface area is 159 Å². The van der Waals surface area contributed by atoms with Gasteiger partial charge in [0, 0.05) is 43.4 Å². The molecule has 0 amide bonds. The first kappa shape index (κ1) is 17.9. The number of thiocarbonyl (C=S) groups is 1. The van der Waals surface area contributed by atoms with Gasteiger partial charge in [0.2, 0.25) is 0 Å². The molecule has 130 valence electrons. The maximum Gasteiger partial charge on any atom is 0.173 e. The van der Waals surface area contributed by atoms with Gasteiger partial charge in [-0.3, -0.25) is 4.90 Å². The van der Waals surface area contributed by atoms with E-state index in [0.29, 0.717) is 0 Å². The molecule has 2 aromatic carbocycles. The first-order valence-corrected chi connectivity index (χ1v) is 9.25. The van der Waals surface area contributed by atoms with Crippen LogP contribution in [0.1, 0.15) is 5.56 Å². The summed E-state index contributed by atoms with van der Waals surface area (Å²) in [6.45, 7) is 4.89. The molecule has 0 radical (unpaired) electrons. The first-order valence-electron chi connectivity index (χ1n) is 8.46. The van der Waals surface area contributed by atoms with Crippen LogP contribution < -0.4 is 5.32 Å². The van der Waals surface area contributed by atoms with Gasteiger partial charge in [-0.15, -0.1) is 0 Å². The fraction of sp³-hybridized carbons (Fsp3) is 0.250. The van der Waals surface area contributed by atoms with E-state index in [2.05, 4.69) is 51.5 Å². The number of piperazine rings is 1. The zero-order chi connectivity index (χ0) is 17.5. The monoisotopic (exact) mass is 371 g/mol. The second-order valence-electron chi connectivity index (χ2n) is 6.04. The van der Waals surface area contributed by atoms with Gasteiger partial charge in [-0.05, 0) is 42.0 Å². The average molecular weight is 372 g/mol. The van der Waals surface area contributed by atoms with E-state index in [0.717, 1.165) is 48.5 Å². The number of rotatable bonds is 4. The molecule has 0 unspecified atom stereocenters. The Balaban J connectivity index is 1.42. The van der Waals surface area contributed by atoms with Crippen LogP contribution in [0.15, 0.2) is 60.7 Å². The second kappa shape index (κ2) is 8.99. The summed E-state index contributed by atoms with van der Waals surface area (Å²) in [6.07, 6.45) is 4.41.